The molecule has 0 saturated heterocycles. The van der Waals surface area contributed by atoms with Gasteiger partial charge in [0.1, 0.15) is 18.1 Å². The van der Waals surface area contributed by atoms with Crippen molar-refractivity contribution < 1.29 is 19.0 Å². The van der Waals surface area contributed by atoms with Crippen LogP contribution in [0.5, 0.6) is 17.4 Å². The van der Waals surface area contributed by atoms with Gasteiger partial charge in [-0.05, 0) is 31.0 Å². The highest BCUT2D eigenvalue weighted by Crippen LogP contribution is 2.32. The highest BCUT2D eigenvalue weighted by Gasteiger charge is 2.22. The van der Waals surface area contributed by atoms with E-state index in [1.165, 1.54) is 0 Å². The summed E-state index contributed by atoms with van der Waals surface area (Å²) in [6.07, 6.45) is 4.24. The third-order valence-corrected chi connectivity index (χ3v) is 5.27. The second-order valence-electron chi connectivity index (χ2n) is 7.15. The number of carbonyl (C=O) groups is 1. The molecule has 0 unspecified atom stereocenters. The number of rotatable bonds is 8. The van der Waals surface area contributed by atoms with E-state index in [4.69, 9.17) is 14.2 Å². The molecule has 1 aliphatic rings. The van der Waals surface area contributed by atoms with Crippen LogP contribution < -0.4 is 19.5 Å². The number of nitrogens with one attached hydrogen (secondary N) is 1. The van der Waals surface area contributed by atoms with Gasteiger partial charge in [0.2, 0.25) is 11.8 Å². The van der Waals surface area contributed by atoms with Crippen molar-refractivity contribution >= 4 is 11.6 Å². The van der Waals surface area contributed by atoms with Crippen molar-refractivity contribution in [3.8, 4) is 28.8 Å². The smallest absolute Gasteiger partial charge is 0.231 e. The molecule has 0 aliphatic heterocycles. The molecule has 3 aromatic rings. The summed E-state index contributed by atoms with van der Waals surface area (Å²) in [4.78, 5) is 12.1. The maximum Gasteiger partial charge on any atom is 0.231 e. The molecular formula is C21H25N5O4. The Balaban J connectivity index is 1.46. The van der Waals surface area contributed by atoms with Crippen LogP contribution in [0.3, 0.4) is 0 Å². The molecule has 1 N–H and O–H groups in total. The Labute approximate surface area is 174 Å². The number of methoxy groups -OCH3 is 2. The van der Waals surface area contributed by atoms with Gasteiger partial charge in [0.25, 0.3) is 0 Å². The fourth-order valence-corrected chi connectivity index (χ4v) is 3.66. The summed E-state index contributed by atoms with van der Waals surface area (Å²) in [5, 5.41) is 15.9. The first-order chi connectivity index (χ1) is 14.7. The fourth-order valence-electron chi connectivity index (χ4n) is 3.66. The molecule has 1 aliphatic carbocycles. The minimum absolute atomic E-state index is 0.118. The van der Waals surface area contributed by atoms with Gasteiger partial charge >= 0.3 is 0 Å². The van der Waals surface area contributed by atoms with Gasteiger partial charge in [-0.3, -0.25) is 4.79 Å². The Morgan fingerprint density at radius 2 is 1.97 bits per heavy atom. The van der Waals surface area contributed by atoms with Gasteiger partial charge in [0, 0.05) is 18.1 Å². The predicted molar refractivity (Wildman–Crippen MR) is 110 cm³/mol. The minimum atomic E-state index is 0.118. The van der Waals surface area contributed by atoms with E-state index in [-0.39, 0.29) is 11.8 Å². The Bertz CT molecular complexity index is 1030. The van der Waals surface area contributed by atoms with Gasteiger partial charge in [-0.25, -0.2) is 0 Å². The molecule has 1 amide bonds. The van der Waals surface area contributed by atoms with E-state index >= 15 is 0 Å². The second-order valence-corrected chi connectivity index (χ2v) is 7.15. The van der Waals surface area contributed by atoms with E-state index in [9.17, 15) is 4.79 Å². The number of hydrogen-bond donors (Lipinski definition) is 1. The van der Waals surface area contributed by atoms with E-state index < -0.39 is 0 Å². The SMILES string of the molecule is COc1ccc(-c2nnc3ccc(OCCNC(=O)C4CCCC4)nn23)c(OC)c1. The molecule has 2 aromatic heterocycles. The minimum Gasteiger partial charge on any atom is -0.497 e. The maximum atomic E-state index is 12.1. The van der Waals surface area contributed by atoms with Crippen molar-refractivity contribution in [2.24, 2.45) is 5.92 Å². The molecule has 0 spiro atoms. The van der Waals surface area contributed by atoms with Crippen LogP contribution in [0.1, 0.15) is 25.7 Å². The van der Waals surface area contributed by atoms with Crippen molar-refractivity contribution in [3.63, 3.8) is 0 Å². The highest BCUT2D eigenvalue weighted by atomic mass is 16.5. The van der Waals surface area contributed by atoms with Crippen LogP contribution in [0.4, 0.5) is 0 Å². The molecule has 30 heavy (non-hydrogen) atoms. The number of ether oxygens (including phenoxy) is 3. The Morgan fingerprint density at radius 1 is 1.13 bits per heavy atom. The number of amides is 1. The van der Waals surface area contributed by atoms with Crippen LogP contribution in [0.25, 0.3) is 17.0 Å². The summed E-state index contributed by atoms with van der Waals surface area (Å²) in [6, 6.07) is 8.97. The van der Waals surface area contributed by atoms with Crippen molar-refractivity contribution in [2.75, 3.05) is 27.4 Å². The molecule has 0 bridgehead atoms. The van der Waals surface area contributed by atoms with E-state index in [0.29, 0.717) is 42.0 Å². The number of fused-ring (bicyclic) bond motifs is 1. The zero-order chi connectivity index (χ0) is 20.9. The first-order valence-electron chi connectivity index (χ1n) is 10.0. The molecular weight excluding hydrogens is 386 g/mol. The molecule has 4 rings (SSSR count). The van der Waals surface area contributed by atoms with Crippen LogP contribution >= 0.6 is 0 Å². The fraction of sp³-hybridized carbons (Fsp3) is 0.429. The van der Waals surface area contributed by atoms with Crippen LogP contribution in [0, 0.1) is 5.92 Å². The first kappa shape index (κ1) is 19.9. The molecule has 2 heterocycles. The lowest BCUT2D eigenvalue weighted by Crippen LogP contribution is -2.32. The van der Waals surface area contributed by atoms with Gasteiger partial charge in [-0.15, -0.1) is 15.3 Å². The summed E-state index contributed by atoms with van der Waals surface area (Å²) >= 11 is 0. The summed E-state index contributed by atoms with van der Waals surface area (Å²) in [5.74, 6) is 2.51. The summed E-state index contributed by atoms with van der Waals surface area (Å²) in [7, 11) is 3.19. The average Bonchev–Trinajstić information content (AvgIpc) is 3.46. The van der Waals surface area contributed by atoms with Gasteiger partial charge in [-0.2, -0.15) is 4.52 Å². The number of hydrogen-bond acceptors (Lipinski definition) is 7. The lowest BCUT2D eigenvalue weighted by atomic mass is 10.1. The van der Waals surface area contributed by atoms with Crippen molar-refractivity contribution in [2.45, 2.75) is 25.7 Å². The van der Waals surface area contributed by atoms with Gasteiger partial charge < -0.3 is 19.5 Å². The molecule has 1 fully saturated rings. The van der Waals surface area contributed by atoms with E-state index in [1.54, 1.807) is 36.9 Å². The quantitative estimate of drug-likeness (QED) is 0.569. The lowest BCUT2D eigenvalue weighted by Gasteiger charge is -2.11. The number of nitrogens with zero attached hydrogens (tertiary/aromatic N) is 4. The van der Waals surface area contributed by atoms with Gasteiger partial charge in [0.15, 0.2) is 11.5 Å². The van der Waals surface area contributed by atoms with E-state index in [0.717, 1.165) is 31.2 Å². The predicted octanol–water partition coefficient (Wildman–Crippen LogP) is 2.49. The van der Waals surface area contributed by atoms with E-state index in [1.807, 2.05) is 12.1 Å². The normalized spacial score (nSPS) is 14.1. The molecule has 0 atom stereocenters. The average molecular weight is 411 g/mol. The van der Waals surface area contributed by atoms with Crippen molar-refractivity contribution in [3.05, 3.63) is 30.3 Å². The topological polar surface area (TPSA) is 99.9 Å². The van der Waals surface area contributed by atoms with Crippen LogP contribution in [-0.4, -0.2) is 53.1 Å². The maximum absolute atomic E-state index is 12.1. The lowest BCUT2D eigenvalue weighted by molar-refractivity contribution is -0.124. The summed E-state index contributed by atoms with van der Waals surface area (Å²) < 4.78 is 18.1. The molecule has 1 aromatic carbocycles. The Kier molecular flexibility index (Phi) is 5.97. The Hall–Kier alpha value is -3.36. The van der Waals surface area contributed by atoms with Crippen LogP contribution in [0.2, 0.25) is 0 Å². The highest BCUT2D eigenvalue weighted by molar-refractivity contribution is 5.78. The monoisotopic (exact) mass is 411 g/mol. The van der Waals surface area contributed by atoms with Gasteiger partial charge in [-0.1, -0.05) is 12.8 Å². The Morgan fingerprint density at radius 3 is 2.73 bits per heavy atom. The number of aromatic nitrogens is 4. The largest absolute Gasteiger partial charge is 0.497 e. The summed E-state index contributed by atoms with van der Waals surface area (Å²) in [5.41, 5.74) is 1.32. The van der Waals surface area contributed by atoms with Gasteiger partial charge in [0.05, 0.1) is 26.3 Å². The summed E-state index contributed by atoms with van der Waals surface area (Å²) in [6.45, 7) is 0.774. The second kappa shape index (κ2) is 8.98. The van der Waals surface area contributed by atoms with E-state index in [2.05, 4.69) is 20.6 Å². The zero-order valence-corrected chi connectivity index (χ0v) is 17.1. The van der Waals surface area contributed by atoms with Crippen LogP contribution in [0.15, 0.2) is 30.3 Å². The number of benzene rings is 1. The molecule has 158 valence electrons. The third kappa shape index (κ3) is 4.14. The first-order valence-corrected chi connectivity index (χ1v) is 10.0. The standard InChI is InChI=1S/C21H25N5O4/c1-28-15-7-8-16(17(13-15)29-2)20-24-23-18-9-10-19(25-26(18)20)30-12-11-22-21(27)14-5-3-4-6-14/h7-10,13-14H,3-6,11-12H2,1-2H3,(H,22,27). The van der Waals surface area contributed by atoms with Crippen molar-refractivity contribution in [1.82, 2.24) is 25.1 Å². The number of carbonyl (C=O) groups excluding carboxylic acids is 1. The molecule has 0 radical (unpaired) electrons. The van der Waals surface area contributed by atoms with Crippen LogP contribution in [-0.2, 0) is 4.79 Å². The molecule has 9 nitrogen and oxygen atoms in total. The molecule has 9 heteroatoms. The molecule has 1 saturated carbocycles. The zero-order valence-electron chi connectivity index (χ0n) is 17.1. The third-order valence-electron chi connectivity index (χ3n) is 5.27. The van der Waals surface area contributed by atoms with Crippen molar-refractivity contribution in [1.29, 1.82) is 0 Å².